The maximum atomic E-state index is 5.79. The van der Waals surface area contributed by atoms with Crippen molar-refractivity contribution in [2.24, 2.45) is 0 Å². The van der Waals surface area contributed by atoms with E-state index in [1.54, 1.807) is 0 Å². The molecule has 4 heteroatoms. The summed E-state index contributed by atoms with van der Waals surface area (Å²) in [5, 5.41) is 3.40. The Bertz CT molecular complexity index is 395. The van der Waals surface area contributed by atoms with Crippen LogP contribution in [0.4, 0.5) is 0 Å². The van der Waals surface area contributed by atoms with E-state index in [1.807, 2.05) is 11.3 Å². The van der Waals surface area contributed by atoms with Gasteiger partial charge in [0.25, 0.3) is 0 Å². The number of morpholine rings is 1. The van der Waals surface area contributed by atoms with Crippen LogP contribution in [0.15, 0.2) is 6.07 Å². The van der Waals surface area contributed by atoms with E-state index in [0.717, 1.165) is 32.7 Å². The molecule has 0 bridgehead atoms. The number of ether oxygens (including phenoxy) is 1. The van der Waals surface area contributed by atoms with Crippen LogP contribution in [0, 0.1) is 6.92 Å². The average Bonchev–Trinajstić information content (AvgIpc) is 2.66. The third kappa shape index (κ3) is 4.28. The molecule has 3 nitrogen and oxygen atoms in total. The second-order valence-corrected chi connectivity index (χ2v) is 6.87. The first kappa shape index (κ1) is 15.0. The van der Waals surface area contributed by atoms with Gasteiger partial charge in [-0.1, -0.05) is 6.92 Å². The molecule has 19 heavy (non-hydrogen) atoms. The highest BCUT2D eigenvalue weighted by Gasteiger charge is 2.22. The minimum atomic E-state index is 0.351. The summed E-state index contributed by atoms with van der Waals surface area (Å²) in [7, 11) is 0. The van der Waals surface area contributed by atoms with Crippen molar-refractivity contribution in [3.8, 4) is 0 Å². The van der Waals surface area contributed by atoms with Crippen LogP contribution < -0.4 is 5.32 Å². The number of thiophene rings is 1. The van der Waals surface area contributed by atoms with Crippen molar-refractivity contribution < 1.29 is 4.74 Å². The van der Waals surface area contributed by atoms with Gasteiger partial charge in [-0.3, -0.25) is 4.90 Å². The van der Waals surface area contributed by atoms with Crippen molar-refractivity contribution in [1.82, 2.24) is 10.2 Å². The Labute approximate surface area is 121 Å². The van der Waals surface area contributed by atoms with Crippen LogP contribution in [0.25, 0.3) is 0 Å². The molecule has 1 saturated heterocycles. The Morgan fingerprint density at radius 3 is 2.68 bits per heavy atom. The van der Waals surface area contributed by atoms with Gasteiger partial charge < -0.3 is 10.1 Å². The molecule has 0 spiro atoms. The zero-order chi connectivity index (χ0) is 13.8. The highest BCUT2D eigenvalue weighted by Crippen LogP contribution is 2.24. The summed E-state index contributed by atoms with van der Waals surface area (Å²) in [6.07, 6.45) is 0.702. The second-order valence-electron chi connectivity index (χ2n) is 5.53. The molecule has 0 aromatic carbocycles. The van der Waals surface area contributed by atoms with Crippen LogP contribution >= 0.6 is 11.3 Å². The van der Waals surface area contributed by atoms with E-state index in [4.69, 9.17) is 4.74 Å². The minimum Gasteiger partial charge on any atom is -0.373 e. The van der Waals surface area contributed by atoms with Gasteiger partial charge in [-0.05, 0) is 38.9 Å². The highest BCUT2D eigenvalue weighted by atomic mass is 32.1. The first-order chi connectivity index (χ1) is 9.08. The van der Waals surface area contributed by atoms with E-state index in [-0.39, 0.29) is 0 Å². The third-order valence-electron chi connectivity index (χ3n) is 3.51. The van der Waals surface area contributed by atoms with Gasteiger partial charge in [-0.25, -0.2) is 0 Å². The number of aryl methyl sites for hydroxylation is 1. The van der Waals surface area contributed by atoms with Gasteiger partial charge in [0, 0.05) is 35.9 Å². The molecule has 1 aromatic rings. The average molecular weight is 282 g/mol. The summed E-state index contributed by atoms with van der Waals surface area (Å²) in [5.74, 6) is 0. The number of nitrogens with zero attached hydrogens (tertiary/aromatic N) is 1. The fraction of sp³-hybridized carbons (Fsp3) is 0.733. The number of rotatable bonds is 5. The quantitative estimate of drug-likeness (QED) is 0.899. The first-order valence-electron chi connectivity index (χ1n) is 7.25. The Morgan fingerprint density at radius 2 is 2.05 bits per heavy atom. The molecule has 2 unspecified atom stereocenters. The van der Waals surface area contributed by atoms with Crippen molar-refractivity contribution in [2.75, 3.05) is 19.6 Å². The van der Waals surface area contributed by atoms with E-state index >= 15 is 0 Å². The van der Waals surface area contributed by atoms with E-state index < -0.39 is 0 Å². The van der Waals surface area contributed by atoms with Crippen LogP contribution in [0.1, 0.15) is 36.1 Å². The number of hydrogen-bond donors (Lipinski definition) is 1. The van der Waals surface area contributed by atoms with Crippen LogP contribution in [0.3, 0.4) is 0 Å². The molecule has 108 valence electrons. The third-order valence-corrected chi connectivity index (χ3v) is 4.60. The van der Waals surface area contributed by atoms with Crippen LogP contribution in [0.5, 0.6) is 0 Å². The SMILES string of the molecule is CCNCc1cc(CN2CC(C)OC(C)C2)c(C)s1. The van der Waals surface area contributed by atoms with Crippen molar-refractivity contribution in [3.63, 3.8) is 0 Å². The van der Waals surface area contributed by atoms with Crippen LogP contribution in [-0.4, -0.2) is 36.7 Å². The molecular weight excluding hydrogens is 256 g/mol. The molecule has 0 saturated carbocycles. The monoisotopic (exact) mass is 282 g/mol. The van der Waals surface area contributed by atoms with Crippen molar-refractivity contribution in [1.29, 1.82) is 0 Å². The van der Waals surface area contributed by atoms with Crippen molar-refractivity contribution >= 4 is 11.3 Å². The zero-order valence-electron chi connectivity index (χ0n) is 12.5. The van der Waals surface area contributed by atoms with Crippen molar-refractivity contribution in [3.05, 3.63) is 21.4 Å². The van der Waals surface area contributed by atoms with Gasteiger partial charge in [0.15, 0.2) is 0 Å². The maximum Gasteiger partial charge on any atom is 0.0678 e. The molecule has 0 amide bonds. The lowest BCUT2D eigenvalue weighted by atomic mass is 10.2. The molecular formula is C15H26N2OS. The summed E-state index contributed by atoms with van der Waals surface area (Å²) in [6, 6.07) is 2.37. The van der Waals surface area contributed by atoms with Crippen LogP contribution in [-0.2, 0) is 17.8 Å². The smallest absolute Gasteiger partial charge is 0.0678 e. The molecule has 2 rings (SSSR count). The lowest BCUT2D eigenvalue weighted by molar-refractivity contribution is -0.0705. The summed E-state index contributed by atoms with van der Waals surface area (Å²) < 4.78 is 5.79. The van der Waals surface area contributed by atoms with Gasteiger partial charge in [0.1, 0.15) is 0 Å². The lowest BCUT2D eigenvalue weighted by Gasteiger charge is -2.35. The molecule has 2 heterocycles. The van der Waals surface area contributed by atoms with E-state index in [0.29, 0.717) is 12.2 Å². The molecule has 1 aromatic heterocycles. The predicted molar refractivity (Wildman–Crippen MR) is 81.7 cm³/mol. The summed E-state index contributed by atoms with van der Waals surface area (Å²) in [6.45, 7) is 13.9. The predicted octanol–water partition coefficient (Wildman–Crippen LogP) is 2.78. The zero-order valence-corrected chi connectivity index (χ0v) is 13.3. The molecule has 1 fully saturated rings. The van der Waals surface area contributed by atoms with Gasteiger partial charge in [0.05, 0.1) is 12.2 Å². The fourth-order valence-electron chi connectivity index (χ4n) is 2.73. The van der Waals surface area contributed by atoms with E-state index in [2.05, 4.69) is 44.0 Å². The summed E-state index contributed by atoms with van der Waals surface area (Å²) in [5.41, 5.74) is 1.49. The standard InChI is InChI=1S/C15H26N2OS/c1-5-16-7-15-6-14(13(4)19-15)10-17-8-11(2)18-12(3)9-17/h6,11-12,16H,5,7-10H2,1-4H3. The van der Waals surface area contributed by atoms with Gasteiger partial charge >= 0.3 is 0 Å². The Balaban J connectivity index is 1.96. The first-order valence-corrected chi connectivity index (χ1v) is 8.06. The molecule has 1 aliphatic rings. The summed E-state index contributed by atoms with van der Waals surface area (Å²) in [4.78, 5) is 5.42. The molecule has 1 aliphatic heterocycles. The Morgan fingerprint density at radius 1 is 1.37 bits per heavy atom. The van der Waals surface area contributed by atoms with Crippen LogP contribution in [0.2, 0.25) is 0 Å². The van der Waals surface area contributed by atoms with E-state index in [9.17, 15) is 0 Å². The topological polar surface area (TPSA) is 24.5 Å². The lowest BCUT2D eigenvalue weighted by Crippen LogP contribution is -2.44. The van der Waals surface area contributed by atoms with Gasteiger partial charge in [-0.2, -0.15) is 0 Å². The van der Waals surface area contributed by atoms with Gasteiger partial charge in [-0.15, -0.1) is 11.3 Å². The van der Waals surface area contributed by atoms with Crippen molar-refractivity contribution in [2.45, 2.75) is 53.0 Å². The van der Waals surface area contributed by atoms with Gasteiger partial charge in [0.2, 0.25) is 0 Å². The second kappa shape index (κ2) is 6.84. The van der Waals surface area contributed by atoms with E-state index in [1.165, 1.54) is 15.3 Å². The summed E-state index contributed by atoms with van der Waals surface area (Å²) >= 11 is 1.92. The fourth-order valence-corrected chi connectivity index (χ4v) is 3.76. The molecule has 1 N–H and O–H groups in total. The number of nitrogens with one attached hydrogen (secondary N) is 1. The Kier molecular flexibility index (Phi) is 5.39. The molecule has 0 radical (unpaired) electrons. The minimum absolute atomic E-state index is 0.351. The molecule has 0 aliphatic carbocycles. The Hall–Kier alpha value is -0.420. The largest absolute Gasteiger partial charge is 0.373 e. The highest BCUT2D eigenvalue weighted by molar-refractivity contribution is 7.12. The number of hydrogen-bond acceptors (Lipinski definition) is 4. The maximum absolute atomic E-state index is 5.79. The normalized spacial score (nSPS) is 24.8. The molecule has 2 atom stereocenters.